The summed E-state index contributed by atoms with van der Waals surface area (Å²) < 4.78 is 13.0. The van der Waals surface area contributed by atoms with Gasteiger partial charge < -0.3 is 10.2 Å². The Hall–Kier alpha value is -3.09. The predicted molar refractivity (Wildman–Crippen MR) is 103 cm³/mol. The number of nitrogens with zero attached hydrogens (tertiary/aromatic N) is 5. The van der Waals surface area contributed by atoms with Crippen LogP contribution in [0.3, 0.4) is 0 Å². The lowest BCUT2D eigenvalue weighted by atomic mass is 9.92. The first-order valence-corrected chi connectivity index (χ1v) is 9.06. The maximum atomic E-state index is 13.0. The lowest BCUT2D eigenvalue weighted by molar-refractivity contribution is 0.490. The molecule has 6 nitrogen and oxygen atoms in total. The van der Waals surface area contributed by atoms with Crippen molar-refractivity contribution < 1.29 is 4.39 Å². The number of pyridine rings is 2. The quantitative estimate of drug-likeness (QED) is 0.759. The van der Waals surface area contributed by atoms with Gasteiger partial charge in [0.05, 0.1) is 6.20 Å². The van der Waals surface area contributed by atoms with Gasteiger partial charge in [0.2, 0.25) is 5.95 Å². The van der Waals surface area contributed by atoms with E-state index >= 15 is 0 Å². The molecule has 1 aliphatic rings. The molecule has 0 radical (unpaired) electrons. The van der Waals surface area contributed by atoms with Crippen molar-refractivity contribution in [2.75, 3.05) is 23.3 Å². The lowest BCUT2D eigenvalue weighted by Gasteiger charge is -2.31. The van der Waals surface area contributed by atoms with Gasteiger partial charge >= 0.3 is 0 Å². The number of hydrogen-bond donors (Lipinski definition) is 1. The number of halogens is 1. The predicted octanol–water partition coefficient (Wildman–Crippen LogP) is 3.84. The van der Waals surface area contributed by atoms with Crippen LogP contribution in [0.15, 0.2) is 48.9 Å². The van der Waals surface area contributed by atoms with E-state index in [-0.39, 0.29) is 5.82 Å². The average Bonchev–Trinajstić information content (AvgIpc) is 2.70. The SMILES string of the molecule is Cc1cc(Nc2ccc(F)cn2)cc(C2CCN(c3ncccn3)CC2)n1. The van der Waals surface area contributed by atoms with E-state index in [1.807, 2.05) is 19.1 Å². The molecule has 4 heterocycles. The standard InChI is InChI=1S/C20H21FN6/c1-14-11-17(26-19-4-3-16(21)13-24-19)12-18(25-14)15-5-9-27(10-6-15)20-22-7-2-8-23-20/h2-4,7-8,11-13,15H,5-6,9-10H2,1H3,(H,24,25,26). The summed E-state index contributed by atoms with van der Waals surface area (Å²) in [6, 6.07) is 8.89. The highest BCUT2D eigenvalue weighted by molar-refractivity contribution is 5.57. The summed E-state index contributed by atoms with van der Waals surface area (Å²) in [5.74, 6) is 1.45. The minimum atomic E-state index is -0.346. The van der Waals surface area contributed by atoms with Crippen LogP contribution in [-0.2, 0) is 0 Å². The van der Waals surface area contributed by atoms with Gasteiger partial charge in [0.15, 0.2) is 0 Å². The van der Waals surface area contributed by atoms with Crippen LogP contribution in [-0.4, -0.2) is 33.0 Å². The summed E-state index contributed by atoms with van der Waals surface area (Å²) in [5.41, 5.74) is 2.95. The molecule has 0 amide bonds. The largest absolute Gasteiger partial charge is 0.341 e. The summed E-state index contributed by atoms with van der Waals surface area (Å²) in [7, 11) is 0. The molecule has 0 atom stereocenters. The molecule has 0 bridgehead atoms. The van der Waals surface area contributed by atoms with E-state index in [0.29, 0.717) is 11.7 Å². The summed E-state index contributed by atoms with van der Waals surface area (Å²) >= 11 is 0. The molecular formula is C20H21FN6. The van der Waals surface area contributed by atoms with Gasteiger partial charge in [0, 0.05) is 48.5 Å². The fraction of sp³-hybridized carbons (Fsp3) is 0.300. The molecular weight excluding hydrogens is 343 g/mol. The number of piperidine rings is 1. The van der Waals surface area contributed by atoms with Crippen molar-refractivity contribution in [3.05, 3.63) is 66.1 Å². The minimum Gasteiger partial charge on any atom is -0.341 e. The Morgan fingerprint density at radius 3 is 2.56 bits per heavy atom. The van der Waals surface area contributed by atoms with Crippen LogP contribution >= 0.6 is 0 Å². The number of nitrogens with one attached hydrogen (secondary N) is 1. The van der Waals surface area contributed by atoms with Gasteiger partial charge in [-0.1, -0.05) is 0 Å². The smallest absolute Gasteiger partial charge is 0.225 e. The second-order valence-corrected chi connectivity index (χ2v) is 6.72. The lowest BCUT2D eigenvalue weighted by Crippen LogP contribution is -2.34. The van der Waals surface area contributed by atoms with Crippen LogP contribution in [0.4, 0.5) is 21.8 Å². The van der Waals surface area contributed by atoms with E-state index in [9.17, 15) is 4.39 Å². The molecule has 0 spiro atoms. The Balaban J connectivity index is 1.46. The molecule has 0 unspecified atom stereocenters. The van der Waals surface area contributed by atoms with Crippen molar-refractivity contribution in [3.8, 4) is 0 Å². The number of hydrogen-bond acceptors (Lipinski definition) is 6. The molecule has 0 saturated carbocycles. The first-order chi connectivity index (χ1) is 13.2. The van der Waals surface area contributed by atoms with Crippen molar-refractivity contribution in [2.24, 2.45) is 0 Å². The maximum Gasteiger partial charge on any atom is 0.225 e. The van der Waals surface area contributed by atoms with Gasteiger partial charge in [0.1, 0.15) is 11.6 Å². The maximum absolute atomic E-state index is 13.0. The Morgan fingerprint density at radius 1 is 1.07 bits per heavy atom. The third kappa shape index (κ3) is 4.19. The molecule has 27 heavy (non-hydrogen) atoms. The topological polar surface area (TPSA) is 66.8 Å². The molecule has 1 aliphatic heterocycles. The first kappa shape index (κ1) is 17.3. The molecule has 1 N–H and O–H groups in total. The summed E-state index contributed by atoms with van der Waals surface area (Å²) in [6.07, 6.45) is 6.76. The molecule has 138 valence electrons. The van der Waals surface area contributed by atoms with E-state index in [0.717, 1.165) is 49.0 Å². The molecule has 4 rings (SSSR count). The fourth-order valence-electron chi connectivity index (χ4n) is 3.40. The third-order valence-electron chi connectivity index (χ3n) is 4.72. The van der Waals surface area contributed by atoms with E-state index in [2.05, 4.69) is 31.2 Å². The summed E-state index contributed by atoms with van der Waals surface area (Å²) in [5, 5.41) is 3.24. The summed E-state index contributed by atoms with van der Waals surface area (Å²) in [4.78, 5) is 19.7. The highest BCUT2D eigenvalue weighted by Gasteiger charge is 2.23. The molecule has 1 saturated heterocycles. The Bertz CT molecular complexity index is 892. The third-order valence-corrected chi connectivity index (χ3v) is 4.72. The van der Waals surface area contributed by atoms with Crippen LogP contribution in [0.5, 0.6) is 0 Å². The monoisotopic (exact) mass is 364 g/mol. The number of rotatable bonds is 4. The van der Waals surface area contributed by atoms with Crippen LogP contribution < -0.4 is 10.2 Å². The van der Waals surface area contributed by atoms with Crippen LogP contribution in [0.1, 0.15) is 30.1 Å². The van der Waals surface area contributed by atoms with E-state index < -0.39 is 0 Å². The zero-order valence-corrected chi connectivity index (χ0v) is 15.1. The number of aromatic nitrogens is 4. The first-order valence-electron chi connectivity index (χ1n) is 9.06. The van der Waals surface area contributed by atoms with Gasteiger partial charge in [-0.15, -0.1) is 0 Å². The number of aryl methyl sites for hydroxylation is 1. The van der Waals surface area contributed by atoms with Crippen molar-refractivity contribution in [1.82, 2.24) is 19.9 Å². The Labute approximate surface area is 157 Å². The average molecular weight is 364 g/mol. The second kappa shape index (κ2) is 7.65. The van der Waals surface area contributed by atoms with Crippen LogP contribution in [0, 0.1) is 12.7 Å². The zero-order chi connectivity index (χ0) is 18.6. The number of anilines is 3. The Morgan fingerprint density at radius 2 is 1.85 bits per heavy atom. The van der Waals surface area contributed by atoms with Crippen LogP contribution in [0.2, 0.25) is 0 Å². The van der Waals surface area contributed by atoms with Gasteiger partial charge in [-0.2, -0.15) is 0 Å². The van der Waals surface area contributed by atoms with Gasteiger partial charge in [0.25, 0.3) is 0 Å². The van der Waals surface area contributed by atoms with Crippen molar-refractivity contribution >= 4 is 17.5 Å². The zero-order valence-electron chi connectivity index (χ0n) is 15.1. The Kier molecular flexibility index (Phi) is 4.91. The molecule has 3 aromatic rings. The normalized spacial score (nSPS) is 15.0. The highest BCUT2D eigenvalue weighted by atomic mass is 19.1. The fourth-order valence-corrected chi connectivity index (χ4v) is 3.40. The van der Waals surface area contributed by atoms with Gasteiger partial charge in [-0.3, -0.25) is 4.98 Å². The molecule has 7 heteroatoms. The minimum absolute atomic E-state index is 0.346. The van der Waals surface area contributed by atoms with Gasteiger partial charge in [-0.05, 0) is 50.1 Å². The van der Waals surface area contributed by atoms with E-state index in [1.165, 1.54) is 12.3 Å². The molecule has 0 aromatic carbocycles. The van der Waals surface area contributed by atoms with Crippen LogP contribution in [0.25, 0.3) is 0 Å². The highest BCUT2D eigenvalue weighted by Crippen LogP contribution is 2.30. The van der Waals surface area contributed by atoms with E-state index in [4.69, 9.17) is 4.98 Å². The van der Waals surface area contributed by atoms with Crippen molar-refractivity contribution in [2.45, 2.75) is 25.7 Å². The van der Waals surface area contributed by atoms with Crippen molar-refractivity contribution in [1.29, 1.82) is 0 Å². The summed E-state index contributed by atoms with van der Waals surface area (Å²) in [6.45, 7) is 3.80. The second-order valence-electron chi connectivity index (χ2n) is 6.72. The molecule has 1 fully saturated rings. The van der Waals surface area contributed by atoms with Crippen molar-refractivity contribution in [3.63, 3.8) is 0 Å². The molecule has 0 aliphatic carbocycles. The van der Waals surface area contributed by atoms with Gasteiger partial charge in [-0.25, -0.2) is 19.3 Å². The molecule has 3 aromatic heterocycles. The van der Waals surface area contributed by atoms with E-state index in [1.54, 1.807) is 18.5 Å².